The van der Waals surface area contributed by atoms with Gasteiger partial charge in [-0.25, -0.2) is 0 Å². The van der Waals surface area contributed by atoms with Crippen LogP contribution < -0.4 is 14.8 Å². The predicted molar refractivity (Wildman–Crippen MR) is 104 cm³/mol. The van der Waals surface area contributed by atoms with E-state index in [2.05, 4.69) is 15.5 Å². The van der Waals surface area contributed by atoms with Crippen LogP contribution in [0, 0.1) is 6.92 Å². The lowest BCUT2D eigenvalue weighted by molar-refractivity contribution is -0.119. The molecule has 0 unspecified atom stereocenters. The number of aromatic nitrogens is 2. The van der Waals surface area contributed by atoms with Crippen LogP contribution in [0.1, 0.15) is 24.1 Å². The molecule has 3 aromatic rings. The average molecular weight is 397 g/mol. The molecule has 7 nitrogen and oxygen atoms in total. The number of nitrogens with zero attached hydrogens (tertiary/aromatic N) is 2. The van der Waals surface area contributed by atoms with Gasteiger partial charge in [-0.3, -0.25) is 4.79 Å². The summed E-state index contributed by atoms with van der Waals surface area (Å²) in [7, 11) is 0. The minimum atomic E-state index is -0.159. The summed E-state index contributed by atoms with van der Waals surface area (Å²) < 4.78 is 16.4. The zero-order chi connectivity index (χ0) is 19.5. The van der Waals surface area contributed by atoms with Gasteiger partial charge in [-0.05, 0) is 43.2 Å². The standard InChI is InChI=1S/C20H19N3O4S/c1-12-5-3-4-6-15(12)19-22-23-20(27-19)28-10-18(24)21-13(2)14-7-8-16-17(9-14)26-11-25-16/h3-9,13H,10-11H2,1-2H3,(H,21,24)/t13-/m1/s1. The zero-order valence-electron chi connectivity index (χ0n) is 15.5. The second-order valence-corrected chi connectivity index (χ2v) is 7.31. The van der Waals surface area contributed by atoms with Gasteiger partial charge >= 0.3 is 0 Å². The molecular weight excluding hydrogens is 378 g/mol. The normalized spacial score (nSPS) is 13.4. The van der Waals surface area contributed by atoms with Gasteiger partial charge in [-0.1, -0.05) is 36.0 Å². The Kier molecular flexibility index (Phi) is 5.21. The van der Waals surface area contributed by atoms with Crippen molar-refractivity contribution in [2.24, 2.45) is 0 Å². The van der Waals surface area contributed by atoms with Crippen molar-refractivity contribution in [3.8, 4) is 23.0 Å². The first-order valence-corrected chi connectivity index (χ1v) is 9.80. The third kappa shape index (κ3) is 3.96. The molecule has 2 aromatic carbocycles. The SMILES string of the molecule is Cc1ccccc1-c1nnc(SCC(=O)N[C@H](C)c2ccc3c(c2)OCO3)o1. The summed E-state index contributed by atoms with van der Waals surface area (Å²) in [6, 6.07) is 13.3. The van der Waals surface area contributed by atoms with E-state index < -0.39 is 0 Å². The van der Waals surface area contributed by atoms with E-state index in [0.29, 0.717) is 16.9 Å². The summed E-state index contributed by atoms with van der Waals surface area (Å²) >= 11 is 1.21. The molecule has 8 heteroatoms. The van der Waals surface area contributed by atoms with Crippen molar-refractivity contribution in [2.45, 2.75) is 25.1 Å². The zero-order valence-corrected chi connectivity index (χ0v) is 16.3. The van der Waals surface area contributed by atoms with E-state index in [-0.39, 0.29) is 24.5 Å². The Morgan fingerprint density at radius 1 is 1.18 bits per heavy atom. The van der Waals surface area contributed by atoms with E-state index in [1.54, 1.807) is 0 Å². The maximum Gasteiger partial charge on any atom is 0.277 e. The second-order valence-electron chi connectivity index (χ2n) is 6.38. The van der Waals surface area contributed by atoms with Gasteiger partial charge in [0.2, 0.25) is 18.6 Å². The van der Waals surface area contributed by atoms with Crippen LogP contribution in [0.5, 0.6) is 11.5 Å². The number of rotatable bonds is 6. The first-order valence-electron chi connectivity index (χ1n) is 8.81. The molecule has 2 heterocycles. The third-order valence-corrected chi connectivity index (χ3v) is 5.20. The van der Waals surface area contributed by atoms with Crippen LogP contribution in [0.2, 0.25) is 0 Å². The highest BCUT2D eigenvalue weighted by Crippen LogP contribution is 2.34. The van der Waals surface area contributed by atoms with Crippen LogP contribution in [-0.4, -0.2) is 28.7 Å². The number of carbonyl (C=O) groups is 1. The Morgan fingerprint density at radius 3 is 2.86 bits per heavy atom. The van der Waals surface area contributed by atoms with Crippen LogP contribution in [0.4, 0.5) is 0 Å². The molecular formula is C20H19N3O4S. The van der Waals surface area contributed by atoms with Gasteiger partial charge in [0.05, 0.1) is 11.8 Å². The number of fused-ring (bicyclic) bond motifs is 1. The van der Waals surface area contributed by atoms with Gasteiger partial charge < -0.3 is 19.2 Å². The quantitative estimate of drug-likeness (QED) is 0.634. The molecule has 0 radical (unpaired) electrons. The van der Waals surface area contributed by atoms with Crippen molar-refractivity contribution in [3.63, 3.8) is 0 Å². The van der Waals surface area contributed by atoms with E-state index in [4.69, 9.17) is 13.9 Å². The highest BCUT2D eigenvalue weighted by molar-refractivity contribution is 7.99. The van der Waals surface area contributed by atoms with Gasteiger partial charge in [0, 0.05) is 5.56 Å². The van der Waals surface area contributed by atoms with Gasteiger partial charge in [-0.2, -0.15) is 0 Å². The van der Waals surface area contributed by atoms with Gasteiger partial charge in [0.25, 0.3) is 5.22 Å². The van der Waals surface area contributed by atoms with Crippen LogP contribution in [-0.2, 0) is 4.79 Å². The molecule has 0 saturated carbocycles. The molecule has 0 aliphatic carbocycles. The molecule has 4 rings (SSSR count). The number of carbonyl (C=O) groups excluding carboxylic acids is 1. The first kappa shape index (κ1) is 18.4. The number of aryl methyl sites for hydroxylation is 1. The lowest BCUT2D eigenvalue weighted by atomic mass is 10.1. The molecule has 1 N–H and O–H groups in total. The number of hydrogen-bond donors (Lipinski definition) is 1. The van der Waals surface area contributed by atoms with E-state index >= 15 is 0 Å². The lowest BCUT2D eigenvalue weighted by Crippen LogP contribution is -2.28. The summed E-state index contributed by atoms with van der Waals surface area (Å²) in [5.74, 6) is 1.94. The molecule has 0 fully saturated rings. The minimum Gasteiger partial charge on any atom is -0.454 e. The smallest absolute Gasteiger partial charge is 0.277 e. The number of hydrogen-bond acceptors (Lipinski definition) is 7. The van der Waals surface area contributed by atoms with E-state index in [9.17, 15) is 4.79 Å². The molecule has 0 spiro atoms. The van der Waals surface area contributed by atoms with Crippen molar-refractivity contribution >= 4 is 17.7 Å². The average Bonchev–Trinajstić information content (AvgIpc) is 3.35. The van der Waals surface area contributed by atoms with Gasteiger partial charge in [0.15, 0.2) is 11.5 Å². The van der Waals surface area contributed by atoms with Crippen LogP contribution in [0.3, 0.4) is 0 Å². The van der Waals surface area contributed by atoms with Gasteiger partial charge in [-0.15, -0.1) is 10.2 Å². The van der Waals surface area contributed by atoms with Crippen molar-refractivity contribution in [2.75, 3.05) is 12.5 Å². The summed E-state index contributed by atoms with van der Waals surface area (Å²) in [6.45, 7) is 4.13. The number of nitrogens with one attached hydrogen (secondary N) is 1. The third-order valence-electron chi connectivity index (χ3n) is 4.38. The van der Waals surface area contributed by atoms with Gasteiger partial charge in [0.1, 0.15) is 0 Å². The minimum absolute atomic E-state index is 0.120. The summed E-state index contributed by atoms with van der Waals surface area (Å²) in [6.07, 6.45) is 0. The number of thioether (sulfide) groups is 1. The van der Waals surface area contributed by atoms with Crippen LogP contribution >= 0.6 is 11.8 Å². The van der Waals surface area contributed by atoms with Crippen LogP contribution in [0.15, 0.2) is 52.1 Å². The molecule has 1 atom stereocenters. The lowest BCUT2D eigenvalue weighted by Gasteiger charge is -2.14. The van der Waals surface area contributed by atoms with Crippen molar-refractivity contribution in [3.05, 3.63) is 53.6 Å². The Hall–Kier alpha value is -3.00. The predicted octanol–water partition coefficient (Wildman–Crippen LogP) is 3.74. The summed E-state index contributed by atoms with van der Waals surface area (Å²) in [4.78, 5) is 12.3. The Balaban J connectivity index is 1.33. The number of amides is 1. The van der Waals surface area contributed by atoms with Crippen molar-refractivity contribution in [1.29, 1.82) is 0 Å². The largest absolute Gasteiger partial charge is 0.454 e. The summed E-state index contributed by atoms with van der Waals surface area (Å²) in [5.41, 5.74) is 2.89. The summed E-state index contributed by atoms with van der Waals surface area (Å²) in [5, 5.41) is 11.4. The topological polar surface area (TPSA) is 86.5 Å². The monoisotopic (exact) mass is 397 g/mol. The Morgan fingerprint density at radius 2 is 2.00 bits per heavy atom. The van der Waals surface area contributed by atoms with Crippen molar-refractivity contribution in [1.82, 2.24) is 15.5 Å². The van der Waals surface area contributed by atoms with Crippen LogP contribution in [0.25, 0.3) is 11.5 Å². The maximum absolute atomic E-state index is 12.3. The fourth-order valence-corrected chi connectivity index (χ4v) is 3.44. The van der Waals surface area contributed by atoms with E-state index in [1.165, 1.54) is 11.8 Å². The molecule has 1 aliphatic rings. The molecule has 1 aromatic heterocycles. The van der Waals surface area contributed by atoms with E-state index in [1.807, 2.05) is 56.3 Å². The van der Waals surface area contributed by atoms with Crippen molar-refractivity contribution < 1.29 is 18.7 Å². The molecule has 144 valence electrons. The highest BCUT2D eigenvalue weighted by Gasteiger charge is 2.18. The first-order chi connectivity index (χ1) is 13.6. The molecule has 1 amide bonds. The maximum atomic E-state index is 12.3. The molecule has 1 aliphatic heterocycles. The highest BCUT2D eigenvalue weighted by atomic mass is 32.2. The molecule has 28 heavy (non-hydrogen) atoms. The van der Waals surface area contributed by atoms with E-state index in [0.717, 1.165) is 22.4 Å². The fraction of sp³-hybridized carbons (Fsp3) is 0.250. The Bertz CT molecular complexity index is 1000. The Labute approximate surface area is 166 Å². The second kappa shape index (κ2) is 7.93. The molecule has 0 saturated heterocycles. The molecule has 0 bridgehead atoms. The number of benzene rings is 2. The fourth-order valence-electron chi connectivity index (χ4n) is 2.87. The number of ether oxygens (including phenoxy) is 2.